The van der Waals surface area contributed by atoms with Crippen molar-refractivity contribution in [2.45, 2.75) is 23.6 Å². The lowest BCUT2D eigenvalue weighted by Gasteiger charge is -2.05. The van der Waals surface area contributed by atoms with E-state index in [1.54, 1.807) is 38.1 Å². The smallest absolute Gasteiger partial charge is 0.232 e. The Morgan fingerprint density at radius 2 is 0.927 bits per heavy atom. The Labute approximate surface area is 319 Å². The number of nitrogens with one attached hydrogen (secondary N) is 2. The van der Waals surface area contributed by atoms with Crippen LogP contribution in [0.15, 0.2) is 148 Å². The summed E-state index contributed by atoms with van der Waals surface area (Å²) in [5, 5.41) is 57.4. The van der Waals surface area contributed by atoms with Crippen LogP contribution in [0.2, 0.25) is 0 Å². The molecule has 0 amide bonds. The number of nitrogens with zero attached hydrogens (tertiary/aromatic N) is 10. The lowest BCUT2D eigenvalue weighted by atomic mass is 10.2. The SMILES string of the molecule is Cc1nc(N=Nc2c(O)[nH]c3ccccc23)sc1N=Nc1ccc(S(=O)(=O)c2ccc(N=Nc3sc(N=Nc4c(O)[nH]c5ccccc45)nc3C)cc2)cc1. The van der Waals surface area contributed by atoms with Crippen molar-refractivity contribution >= 4 is 97.3 Å². The van der Waals surface area contributed by atoms with Crippen LogP contribution in [0.25, 0.3) is 21.8 Å². The Balaban J connectivity index is 0.910. The molecule has 0 aliphatic rings. The standard InChI is InChI=1S/C36H26N12O4S3/c1-19-33(53-35(37-19)47-43-29-25-7-3-5-9-27(25)39-31(29)49)45-41-21-11-15-23(16-12-21)55(51,52)24-17-13-22(14-18-24)42-46-34-20(2)38-36(54-34)48-44-30-26-8-4-6-10-28(26)40-32(30)50/h3-18,39-40,49-50H,1-2H3. The Morgan fingerprint density at radius 3 is 1.35 bits per heavy atom. The maximum Gasteiger partial charge on any atom is 0.232 e. The zero-order chi connectivity index (χ0) is 38.1. The summed E-state index contributed by atoms with van der Waals surface area (Å²) < 4.78 is 26.8. The highest BCUT2D eigenvalue weighted by atomic mass is 32.2. The van der Waals surface area contributed by atoms with Crippen LogP contribution in [-0.2, 0) is 9.84 Å². The zero-order valence-electron chi connectivity index (χ0n) is 28.6. The van der Waals surface area contributed by atoms with E-state index in [4.69, 9.17) is 0 Å². The minimum absolute atomic E-state index is 0.0842. The van der Waals surface area contributed by atoms with Gasteiger partial charge in [-0.1, -0.05) is 59.1 Å². The van der Waals surface area contributed by atoms with Gasteiger partial charge in [0.15, 0.2) is 21.4 Å². The number of rotatable bonds is 10. The highest BCUT2D eigenvalue weighted by Crippen LogP contribution is 2.40. The molecule has 8 rings (SSSR count). The molecule has 4 aromatic heterocycles. The number of benzene rings is 4. The molecule has 0 aliphatic heterocycles. The topological polar surface area (TPSA) is 231 Å². The van der Waals surface area contributed by atoms with Gasteiger partial charge >= 0.3 is 0 Å². The molecule has 0 bridgehead atoms. The summed E-state index contributed by atoms with van der Waals surface area (Å²) in [5.74, 6) is -0.182. The van der Waals surface area contributed by atoms with Gasteiger partial charge in [0.25, 0.3) is 0 Å². The number of thiazole rings is 2. The highest BCUT2D eigenvalue weighted by molar-refractivity contribution is 7.91. The number of H-pyrrole nitrogens is 2. The Bertz CT molecular complexity index is 2750. The summed E-state index contributed by atoms with van der Waals surface area (Å²) >= 11 is 2.34. The molecule has 0 atom stereocenters. The Hall–Kier alpha value is -6.83. The molecule has 0 radical (unpaired) electrons. The molecule has 0 saturated heterocycles. The highest BCUT2D eigenvalue weighted by Gasteiger charge is 2.18. The summed E-state index contributed by atoms with van der Waals surface area (Å²) in [6.07, 6.45) is 0. The van der Waals surface area contributed by atoms with Gasteiger partial charge in [0.05, 0.1) is 43.6 Å². The number of para-hydroxylation sites is 2. The maximum absolute atomic E-state index is 13.4. The average molecular weight is 787 g/mol. The molecule has 0 saturated carbocycles. The summed E-state index contributed by atoms with van der Waals surface area (Å²) in [7, 11) is -3.84. The fourth-order valence-electron chi connectivity index (χ4n) is 5.36. The van der Waals surface area contributed by atoms with Gasteiger partial charge < -0.3 is 20.2 Å². The largest absolute Gasteiger partial charge is 0.493 e. The van der Waals surface area contributed by atoms with E-state index in [0.29, 0.717) is 54.4 Å². The Morgan fingerprint density at radius 1 is 0.527 bits per heavy atom. The van der Waals surface area contributed by atoms with E-state index in [0.717, 1.165) is 21.8 Å². The fraction of sp³-hybridized carbons (Fsp3) is 0.0556. The number of azo groups is 4. The maximum atomic E-state index is 13.4. The fourth-order valence-corrected chi connectivity index (χ4v) is 8.05. The number of aromatic nitrogens is 4. The van der Waals surface area contributed by atoms with Gasteiger partial charge in [-0.25, -0.2) is 18.4 Å². The monoisotopic (exact) mass is 786 g/mol. The van der Waals surface area contributed by atoms with Crippen LogP contribution in [0.1, 0.15) is 11.4 Å². The first-order chi connectivity index (χ1) is 26.6. The third-order valence-electron chi connectivity index (χ3n) is 8.12. The number of aromatic amines is 2. The summed E-state index contributed by atoms with van der Waals surface area (Å²) in [4.78, 5) is 14.6. The van der Waals surface area contributed by atoms with E-state index in [2.05, 4.69) is 60.8 Å². The molecule has 16 nitrogen and oxygen atoms in total. The molecule has 4 aromatic carbocycles. The minimum atomic E-state index is -3.84. The van der Waals surface area contributed by atoms with Gasteiger partial charge in [0, 0.05) is 10.8 Å². The van der Waals surface area contributed by atoms with Crippen molar-refractivity contribution in [2.75, 3.05) is 0 Å². The molecule has 0 unspecified atom stereocenters. The lowest BCUT2D eigenvalue weighted by molar-refractivity contribution is 0.459. The minimum Gasteiger partial charge on any atom is -0.493 e. The number of hydrogen-bond donors (Lipinski definition) is 4. The van der Waals surface area contributed by atoms with E-state index < -0.39 is 9.84 Å². The van der Waals surface area contributed by atoms with Crippen LogP contribution >= 0.6 is 22.7 Å². The second kappa shape index (κ2) is 14.5. The molecular formula is C36H26N12O4S3. The third kappa shape index (κ3) is 7.26. The van der Waals surface area contributed by atoms with Crippen LogP contribution in [0.5, 0.6) is 11.8 Å². The number of aromatic hydroxyl groups is 2. The summed E-state index contributed by atoms with van der Waals surface area (Å²) in [6.45, 7) is 3.53. The third-order valence-corrected chi connectivity index (χ3v) is 11.8. The number of aryl methyl sites for hydroxylation is 2. The van der Waals surface area contributed by atoms with Crippen LogP contribution in [-0.4, -0.2) is 38.6 Å². The van der Waals surface area contributed by atoms with E-state index in [1.165, 1.54) is 46.9 Å². The van der Waals surface area contributed by atoms with Crippen molar-refractivity contribution in [3.63, 3.8) is 0 Å². The van der Waals surface area contributed by atoms with Crippen LogP contribution in [0.4, 0.5) is 43.0 Å². The molecule has 272 valence electrons. The zero-order valence-corrected chi connectivity index (χ0v) is 31.1. The van der Waals surface area contributed by atoms with Gasteiger partial charge in [-0.2, -0.15) is 0 Å². The van der Waals surface area contributed by atoms with E-state index >= 15 is 0 Å². The van der Waals surface area contributed by atoms with Crippen molar-refractivity contribution in [3.05, 3.63) is 108 Å². The predicted molar refractivity (Wildman–Crippen MR) is 209 cm³/mol. The van der Waals surface area contributed by atoms with Gasteiger partial charge in [-0.05, 0) is 74.5 Å². The molecule has 0 fully saturated rings. The van der Waals surface area contributed by atoms with Crippen LogP contribution < -0.4 is 0 Å². The number of hydrogen-bond acceptors (Lipinski definition) is 16. The van der Waals surface area contributed by atoms with Crippen LogP contribution in [0, 0.1) is 13.8 Å². The van der Waals surface area contributed by atoms with Crippen molar-refractivity contribution < 1.29 is 18.6 Å². The average Bonchev–Trinajstić information content (AvgIpc) is 3.92. The first-order valence-electron chi connectivity index (χ1n) is 16.3. The second-order valence-electron chi connectivity index (χ2n) is 11.8. The van der Waals surface area contributed by atoms with Crippen molar-refractivity contribution in [2.24, 2.45) is 40.9 Å². The van der Waals surface area contributed by atoms with E-state index in [9.17, 15) is 18.6 Å². The lowest BCUT2D eigenvalue weighted by Crippen LogP contribution is -2.01. The summed E-state index contributed by atoms with van der Waals surface area (Å²) in [6, 6.07) is 26.8. The number of fused-ring (bicyclic) bond motifs is 2. The van der Waals surface area contributed by atoms with Crippen molar-refractivity contribution in [1.82, 2.24) is 19.9 Å². The van der Waals surface area contributed by atoms with Gasteiger partial charge in [-0.15, -0.1) is 40.9 Å². The quantitative estimate of drug-likeness (QED) is 0.0984. The van der Waals surface area contributed by atoms with Gasteiger partial charge in [0.2, 0.25) is 31.9 Å². The van der Waals surface area contributed by atoms with E-state index in [-0.39, 0.29) is 21.6 Å². The number of sulfone groups is 1. The molecule has 55 heavy (non-hydrogen) atoms. The first-order valence-corrected chi connectivity index (χ1v) is 19.4. The van der Waals surface area contributed by atoms with Crippen molar-refractivity contribution in [1.29, 1.82) is 0 Å². The Kier molecular flexibility index (Phi) is 9.31. The molecular weight excluding hydrogens is 761 g/mol. The molecule has 4 N–H and O–H groups in total. The van der Waals surface area contributed by atoms with E-state index in [1.807, 2.05) is 48.5 Å². The van der Waals surface area contributed by atoms with Crippen LogP contribution in [0.3, 0.4) is 0 Å². The molecule has 0 spiro atoms. The predicted octanol–water partition coefficient (Wildman–Crippen LogP) is 12.1. The molecule has 8 aromatic rings. The molecule has 0 aliphatic carbocycles. The van der Waals surface area contributed by atoms with Crippen molar-refractivity contribution in [3.8, 4) is 11.8 Å². The molecule has 19 heteroatoms. The second-order valence-corrected chi connectivity index (χ2v) is 15.7. The first kappa shape index (κ1) is 35.2. The summed E-state index contributed by atoms with van der Waals surface area (Å²) in [5.41, 5.74) is 4.15. The molecule has 4 heterocycles. The van der Waals surface area contributed by atoms with Gasteiger partial charge in [0.1, 0.15) is 0 Å². The normalized spacial score (nSPS) is 12.5. The van der Waals surface area contributed by atoms with Gasteiger partial charge in [-0.3, -0.25) is 0 Å².